The Morgan fingerprint density at radius 1 is 1.33 bits per heavy atom. The van der Waals surface area contributed by atoms with E-state index in [1.54, 1.807) is 7.11 Å². The number of hydrogen-bond donors (Lipinski definition) is 2. The number of carbonyl (C=O) groups excluding carboxylic acids is 1. The summed E-state index contributed by atoms with van der Waals surface area (Å²) in [6.07, 6.45) is 3.20. The fourth-order valence-corrected chi connectivity index (χ4v) is 2.95. The summed E-state index contributed by atoms with van der Waals surface area (Å²) < 4.78 is 4.89. The van der Waals surface area contributed by atoms with E-state index in [4.69, 9.17) is 4.74 Å². The zero-order chi connectivity index (χ0) is 12.8. The van der Waals surface area contributed by atoms with Gasteiger partial charge in [-0.05, 0) is 31.8 Å². The van der Waals surface area contributed by atoms with E-state index in [0.29, 0.717) is 25.6 Å². The summed E-state index contributed by atoms with van der Waals surface area (Å²) in [7, 11) is 1.64. The molecule has 2 bridgehead atoms. The molecule has 1 amide bonds. The Kier molecular flexibility index (Phi) is 5.41. The highest BCUT2D eigenvalue weighted by Crippen LogP contribution is 2.27. The molecule has 1 atom stereocenters. The Morgan fingerprint density at radius 2 is 2.11 bits per heavy atom. The van der Waals surface area contributed by atoms with Crippen LogP contribution in [0, 0.1) is 5.92 Å². The number of carbonyl (C=O) groups is 1. The Balaban J connectivity index is 1.56. The van der Waals surface area contributed by atoms with Gasteiger partial charge >= 0.3 is 0 Å². The van der Waals surface area contributed by atoms with E-state index in [-0.39, 0.29) is 5.91 Å². The minimum absolute atomic E-state index is 0.112. The summed E-state index contributed by atoms with van der Waals surface area (Å²) in [6.45, 7) is 5.67. The number of rotatable bonds is 7. The third-order valence-electron chi connectivity index (χ3n) is 4.04. The lowest BCUT2D eigenvalue weighted by Gasteiger charge is -2.45. The van der Waals surface area contributed by atoms with Crippen LogP contribution in [0.5, 0.6) is 0 Å². The highest BCUT2D eigenvalue weighted by atomic mass is 16.5. The standard InChI is InChI=1S/C13H25N3O2/c1-18-9-6-15-13(17)2-5-14-12-10-16-7-3-11(12)4-8-16/h11-12,14H,2-10H2,1H3,(H,15,17). The molecule has 3 rings (SSSR count). The van der Waals surface area contributed by atoms with E-state index in [1.807, 2.05) is 0 Å². The van der Waals surface area contributed by atoms with Crippen molar-refractivity contribution in [2.75, 3.05) is 46.4 Å². The fraction of sp³-hybridized carbons (Fsp3) is 0.923. The fourth-order valence-electron chi connectivity index (χ4n) is 2.95. The second kappa shape index (κ2) is 7.07. The van der Waals surface area contributed by atoms with Gasteiger partial charge in [0.25, 0.3) is 0 Å². The summed E-state index contributed by atoms with van der Waals surface area (Å²) in [5.74, 6) is 0.937. The normalized spacial score (nSPS) is 30.4. The molecule has 3 aliphatic rings. The number of ether oxygens (including phenoxy) is 1. The predicted octanol–water partition coefficient (Wildman–Crippen LogP) is -0.177. The van der Waals surface area contributed by atoms with Gasteiger partial charge in [-0.15, -0.1) is 0 Å². The molecule has 0 aromatic rings. The third-order valence-corrected chi connectivity index (χ3v) is 4.04. The quantitative estimate of drug-likeness (QED) is 0.620. The molecule has 0 aliphatic carbocycles. The molecule has 5 heteroatoms. The van der Waals surface area contributed by atoms with Crippen molar-refractivity contribution in [2.24, 2.45) is 5.92 Å². The second-order valence-corrected chi connectivity index (χ2v) is 5.29. The summed E-state index contributed by atoms with van der Waals surface area (Å²) >= 11 is 0. The molecule has 0 aromatic heterocycles. The van der Waals surface area contributed by atoms with Crippen molar-refractivity contribution < 1.29 is 9.53 Å². The van der Waals surface area contributed by atoms with Crippen LogP contribution in [0.1, 0.15) is 19.3 Å². The first-order chi connectivity index (χ1) is 8.79. The van der Waals surface area contributed by atoms with Crippen molar-refractivity contribution in [2.45, 2.75) is 25.3 Å². The van der Waals surface area contributed by atoms with Crippen LogP contribution in [0.3, 0.4) is 0 Å². The zero-order valence-electron chi connectivity index (χ0n) is 11.3. The van der Waals surface area contributed by atoms with Crippen LogP contribution >= 0.6 is 0 Å². The average molecular weight is 255 g/mol. The van der Waals surface area contributed by atoms with Gasteiger partial charge in [0.15, 0.2) is 0 Å². The first-order valence-electron chi connectivity index (χ1n) is 7.01. The van der Waals surface area contributed by atoms with Gasteiger partial charge < -0.3 is 20.3 Å². The van der Waals surface area contributed by atoms with Crippen molar-refractivity contribution in [3.63, 3.8) is 0 Å². The third kappa shape index (κ3) is 3.93. The van der Waals surface area contributed by atoms with Gasteiger partial charge in [-0.1, -0.05) is 0 Å². The van der Waals surface area contributed by atoms with E-state index in [1.165, 1.54) is 25.9 Å². The van der Waals surface area contributed by atoms with Gasteiger partial charge in [-0.25, -0.2) is 0 Å². The van der Waals surface area contributed by atoms with Gasteiger partial charge in [0.05, 0.1) is 6.61 Å². The van der Waals surface area contributed by atoms with Gasteiger partial charge in [-0.2, -0.15) is 0 Å². The van der Waals surface area contributed by atoms with E-state index < -0.39 is 0 Å². The number of piperidine rings is 3. The molecule has 3 fully saturated rings. The van der Waals surface area contributed by atoms with E-state index in [0.717, 1.165) is 19.0 Å². The maximum absolute atomic E-state index is 11.5. The Bertz CT molecular complexity index is 265. The van der Waals surface area contributed by atoms with E-state index in [2.05, 4.69) is 15.5 Å². The lowest BCUT2D eigenvalue weighted by Crippen LogP contribution is -2.56. The van der Waals surface area contributed by atoms with Crippen LogP contribution in [0.25, 0.3) is 0 Å². The SMILES string of the molecule is COCCNC(=O)CCNC1CN2CCC1CC2. The van der Waals surface area contributed by atoms with Crippen LogP contribution < -0.4 is 10.6 Å². The molecule has 0 spiro atoms. The van der Waals surface area contributed by atoms with E-state index in [9.17, 15) is 4.79 Å². The summed E-state index contributed by atoms with van der Waals surface area (Å²) in [4.78, 5) is 14.0. The van der Waals surface area contributed by atoms with Crippen LogP contribution in [-0.4, -0.2) is 63.3 Å². The predicted molar refractivity (Wildman–Crippen MR) is 70.5 cm³/mol. The Hall–Kier alpha value is -0.650. The molecule has 5 nitrogen and oxygen atoms in total. The smallest absolute Gasteiger partial charge is 0.221 e. The van der Waals surface area contributed by atoms with Crippen molar-refractivity contribution in [3.8, 4) is 0 Å². The Labute approximate surface area is 109 Å². The molecule has 104 valence electrons. The molecule has 0 radical (unpaired) electrons. The number of nitrogens with one attached hydrogen (secondary N) is 2. The highest BCUT2D eigenvalue weighted by Gasteiger charge is 2.33. The molecule has 2 N–H and O–H groups in total. The molecule has 18 heavy (non-hydrogen) atoms. The van der Waals surface area contributed by atoms with Gasteiger partial charge in [0.1, 0.15) is 0 Å². The van der Waals surface area contributed by atoms with Gasteiger partial charge in [-0.3, -0.25) is 4.79 Å². The minimum Gasteiger partial charge on any atom is -0.383 e. The lowest BCUT2D eigenvalue weighted by atomic mass is 9.84. The molecule has 3 heterocycles. The largest absolute Gasteiger partial charge is 0.383 e. The second-order valence-electron chi connectivity index (χ2n) is 5.29. The molecule has 3 aliphatic heterocycles. The van der Waals surface area contributed by atoms with Crippen molar-refractivity contribution >= 4 is 5.91 Å². The number of nitrogens with zero attached hydrogens (tertiary/aromatic N) is 1. The molecule has 0 saturated carbocycles. The van der Waals surface area contributed by atoms with Gasteiger partial charge in [0, 0.05) is 39.2 Å². The number of hydrogen-bond acceptors (Lipinski definition) is 4. The number of methoxy groups -OCH3 is 1. The molecule has 1 unspecified atom stereocenters. The maximum atomic E-state index is 11.5. The van der Waals surface area contributed by atoms with Crippen LogP contribution in [0.2, 0.25) is 0 Å². The van der Waals surface area contributed by atoms with Crippen LogP contribution in [0.15, 0.2) is 0 Å². The Morgan fingerprint density at radius 3 is 2.72 bits per heavy atom. The highest BCUT2D eigenvalue weighted by molar-refractivity contribution is 5.76. The van der Waals surface area contributed by atoms with Gasteiger partial charge in [0.2, 0.25) is 5.91 Å². The maximum Gasteiger partial charge on any atom is 0.221 e. The van der Waals surface area contributed by atoms with Crippen molar-refractivity contribution in [1.29, 1.82) is 0 Å². The monoisotopic (exact) mass is 255 g/mol. The van der Waals surface area contributed by atoms with E-state index >= 15 is 0 Å². The summed E-state index contributed by atoms with van der Waals surface area (Å²) in [6, 6.07) is 0.597. The lowest BCUT2D eigenvalue weighted by molar-refractivity contribution is -0.121. The van der Waals surface area contributed by atoms with Crippen LogP contribution in [-0.2, 0) is 9.53 Å². The molecular formula is C13H25N3O2. The minimum atomic E-state index is 0.112. The number of amides is 1. The summed E-state index contributed by atoms with van der Waals surface area (Å²) in [5.41, 5.74) is 0. The summed E-state index contributed by atoms with van der Waals surface area (Å²) in [5, 5.41) is 6.38. The first-order valence-corrected chi connectivity index (χ1v) is 7.01. The zero-order valence-corrected chi connectivity index (χ0v) is 11.3. The van der Waals surface area contributed by atoms with Crippen LogP contribution in [0.4, 0.5) is 0 Å². The average Bonchev–Trinajstić information content (AvgIpc) is 2.40. The molecule has 0 aromatic carbocycles. The topological polar surface area (TPSA) is 53.6 Å². The molecular weight excluding hydrogens is 230 g/mol. The number of fused-ring (bicyclic) bond motifs is 3. The first kappa shape index (κ1) is 13.8. The van der Waals surface area contributed by atoms with Crippen molar-refractivity contribution in [1.82, 2.24) is 15.5 Å². The van der Waals surface area contributed by atoms with Crippen molar-refractivity contribution in [3.05, 3.63) is 0 Å². The molecule has 3 saturated heterocycles.